The standard InChI is InChI=1S/C42H70O10/c1-3-5-7-9-11-13-14-15-16-17-18-19-20-21-22-23-25-27-29-31-38(45)51-35(33-49-37(44)30-28-26-24-12-10-8-6-4-2)34-50-42-41(48)40(47)39(46)36(32-43)52-42/h5,7,11,13,15-16,18-19,21-22,35-36,39-43,46-48H,3-4,6,8-10,12,14,17,20,23-34H2,1-2H3/b7-5+,13-11+,16-15+,19-18+,22-21+/t35-,36-,39+,40?,41?,42-/m1/s1. The van der Waals surface area contributed by atoms with Crippen LogP contribution >= 0.6 is 0 Å². The van der Waals surface area contributed by atoms with E-state index in [0.717, 1.165) is 77.0 Å². The maximum absolute atomic E-state index is 12.7. The molecule has 6 atom stereocenters. The van der Waals surface area contributed by atoms with Crippen LogP contribution in [0.4, 0.5) is 0 Å². The number of allylic oxidation sites excluding steroid dienone is 10. The lowest BCUT2D eigenvalue weighted by Gasteiger charge is -2.39. The van der Waals surface area contributed by atoms with Gasteiger partial charge in [-0.1, -0.05) is 126 Å². The molecule has 1 heterocycles. The first-order valence-corrected chi connectivity index (χ1v) is 19.9. The average molecular weight is 735 g/mol. The Bertz CT molecular complexity index is 1030. The fourth-order valence-electron chi connectivity index (χ4n) is 5.51. The third-order valence-electron chi connectivity index (χ3n) is 8.67. The number of aliphatic hydroxyl groups excluding tert-OH is 4. The third kappa shape index (κ3) is 24.6. The number of unbranched alkanes of at least 4 members (excludes halogenated alkanes) is 10. The number of hydrogen-bond acceptors (Lipinski definition) is 10. The fraction of sp³-hybridized carbons (Fsp3) is 0.714. The van der Waals surface area contributed by atoms with Crippen LogP contribution in [0.1, 0.15) is 136 Å². The van der Waals surface area contributed by atoms with Gasteiger partial charge in [0.25, 0.3) is 0 Å². The molecular formula is C42H70O10. The Kier molecular flexibility index (Phi) is 30.1. The zero-order chi connectivity index (χ0) is 38.1. The molecule has 1 aliphatic heterocycles. The summed E-state index contributed by atoms with van der Waals surface area (Å²) in [5.41, 5.74) is 0. The lowest BCUT2D eigenvalue weighted by molar-refractivity contribution is -0.305. The summed E-state index contributed by atoms with van der Waals surface area (Å²) < 4.78 is 22.0. The van der Waals surface area contributed by atoms with Gasteiger partial charge in [0.2, 0.25) is 0 Å². The number of carbonyl (C=O) groups excluding carboxylic acids is 2. The topological polar surface area (TPSA) is 152 Å². The summed E-state index contributed by atoms with van der Waals surface area (Å²) >= 11 is 0. The first-order valence-electron chi connectivity index (χ1n) is 19.9. The van der Waals surface area contributed by atoms with E-state index in [1.165, 1.54) is 25.7 Å². The molecule has 1 fully saturated rings. The molecule has 0 radical (unpaired) electrons. The highest BCUT2D eigenvalue weighted by molar-refractivity contribution is 5.70. The van der Waals surface area contributed by atoms with Gasteiger partial charge in [0.15, 0.2) is 12.4 Å². The smallest absolute Gasteiger partial charge is 0.306 e. The van der Waals surface area contributed by atoms with Gasteiger partial charge in [-0.2, -0.15) is 0 Å². The van der Waals surface area contributed by atoms with Gasteiger partial charge in [-0.15, -0.1) is 0 Å². The average Bonchev–Trinajstić information content (AvgIpc) is 3.14. The van der Waals surface area contributed by atoms with Gasteiger partial charge in [0.1, 0.15) is 31.0 Å². The van der Waals surface area contributed by atoms with E-state index in [1.807, 2.05) is 0 Å². The molecule has 0 aromatic rings. The van der Waals surface area contributed by atoms with Crippen LogP contribution in [0, 0.1) is 0 Å². The largest absolute Gasteiger partial charge is 0.462 e. The SMILES string of the molecule is CC/C=C/C/C=C/C/C=C/C/C=C/C/C=C/CCCCCC(=O)O[C@H](COC(=O)CCCCCCCCCC)CO[C@@H]1O[C@H](CO)[C@H](O)C(O)C1O. The Morgan fingerprint density at radius 3 is 1.71 bits per heavy atom. The van der Waals surface area contributed by atoms with E-state index in [-0.39, 0.29) is 26.1 Å². The molecule has 10 nitrogen and oxygen atoms in total. The van der Waals surface area contributed by atoms with Crippen LogP contribution < -0.4 is 0 Å². The second-order valence-corrected chi connectivity index (χ2v) is 13.4. The molecule has 0 aromatic heterocycles. The molecule has 10 heteroatoms. The van der Waals surface area contributed by atoms with Gasteiger partial charge in [-0.25, -0.2) is 0 Å². The summed E-state index contributed by atoms with van der Waals surface area (Å²) in [6.45, 7) is 3.21. The van der Waals surface area contributed by atoms with Gasteiger partial charge in [0, 0.05) is 12.8 Å². The molecular weight excluding hydrogens is 664 g/mol. The van der Waals surface area contributed by atoms with E-state index in [0.29, 0.717) is 6.42 Å². The molecule has 0 aromatic carbocycles. The minimum absolute atomic E-state index is 0.189. The Hall–Kier alpha value is -2.60. The molecule has 52 heavy (non-hydrogen) atoms. The fourth-order valence-corrected chi connectivity index (χ4v) is 5.51. The summed E-state index contributed by atoms with van der Waals surface area (Å²) in [7, 11) is 0. The number of hydrogen-bond donors (Lipinski definition) is 4. The van der Waals surface area contributed by atoms with Crippen molar-refractivity contribution in [1.29, 1.82) is 0 Å². The Balaban J connectivity index is 2.39. The highest BCUT2D eigenvalue weighted by Crippen LogP contribution is 2.22. The zero-order valence-electron chi connectivity index (χ0n) is 32.0. The van der Waals surface area contributed by atoms with E-state index >= 15 is 0 Å². The van der Waals surface area contributed by atoms with Crippen LogP contribution in [0.2, 0.25) is 0 Å². The van der Waals surface area contributed by atoms with Crippen molar-refractivity contribution < 1.29 is 49.0 Å². The van der Waals surface area contributed by atoms with Crippen LogP contribution in [0.3, 0.4) is 0 Å². The van der Waals surface area contributed by atoms with Gasteiger partial charge in [-0.3, -0.25) is 9.59 Å². The summed E-state index contributed by atoms with van der Waals surface area (Å²) in [5.74, 6) is -0.855. The minimum Gasteiger partial charge on any atom is -0.462 e. The monoisotopic (exact) mass is 734 g/mol. The second kappa shape index (κ2) is 33.0. The Morgan fingerprint density at radius 1 is 0.615 bits per heavy atom. The first kappa shape index (κ1) is 47.4. The Morgan fingerprint density at radius 2 is 1.13 bits per heavy atom. The van der Waals surface area contributed by atoms with Crippen molar-refractivity contribution in [2.75, 3.05) is 19.8 Å². The molecule has 4 N–H and O–H groups in total. The highest BCUT2D eigenvalue weighted by atomic mass is 16.7. The normalized spacial score (nSPS) is 21.7. The lowest BCUT2D eigenvalue weighted by Crippen LogP contribution is -2.59. The molecule has 1 rings (SSSR count). The molecule has 298 valence electrons. The maximum Gasteiger partial charge on any atom is 0.306 e. The van der Waals surface area contributed by atoms with Crippen molar-refractivity contribution in [3.05, 3.63) is 60.8 Å². The third-order valence-corrected chi connectivity index (χ3v) is 8.67. The van der Waals surface area contributed by atoms with Crippen LogP contribution in [-0.4, -0.2) is 89.0 Å². The van der Waals surface area contributed by atoms with Gasteiger partial charge < -0.3 is 39.4 Å². The molecule has 0 bridgehead atoms. The van der Waals surface area contributed by atoms with Crippen LogP contribution in [0.15, 0.2) is 60.8 Å². The molecule has 0 amide bonds. The number of carbonyl (C=O) groups is 2. The predicted molar refractivity (Wildman–Crippen MR) is 205 cm³/mol. The molecule has 0 aliphatic carbocycles. The highest BCUT2D eigenvalue weighted by Gasteiger charge is 2.44. The second-order valence-electron chi connectivity index (χ2n) is 13.4. The molecule has 1 aliphatic rings. The van der Waals surface area contributed by atoms with Gasteiger partial charge in [-0.05, 0) is 57.8 Å². The lowest BCUT2D eigenvalue weighted by atomic mass is 9.99. The van der Waals surface area contributed by atoms with Crippen LogP contribution in [0.5, 0.6) is 0 Å². The molecule has 1 saturated heterocycles. The van der Waals surface area contributed by atoms with Crippen LogP contribution in [0.25, 0.3) is 0 Å². The first-order chi connectivity index (χ1) is 25.3. The van der Waals surface area contributed by atoms with E-state index in [9.17, 15) is 30.0 Å². The quantitative estimate of drug-likeness (QED) is 0.0320. The summed E-state index contributed by atoms with van der Waals surface area (Å²) in [4.78, 5) is 25.1. The van der Waals surface area contributed by atoms with Crippen molar-refractivity contribution in [2.45, 2.75) is 173 Å². The summed E-state index contributed by atoms with van der Waals surface area (Å²) in [6.07, 6.45) is 31.0. The van der Waals surface area contributed by atoms with E-state index < -0.39 is 55.4 Å². The van der Waals surface area contributed by atoms with E-state index in [2.05, 4.69) is 74.6 Å². The summed E-state index contributed by atoms with van der Waals surface area (Å²) in [5, 5.41) is 39.9. The van der Waals surface area contributed by atoms with E-state index in [4.69, 9.17) is 18.9 Å². The molecule has 0 saturated carbocycles. The molecule has 2 unspecified atom stereocenters. The Labute approximate surface area is 313 Å². The number of aliphatic hydroxyl groups is 4. The number of ether oxygens (including phenoxy) is 4. The molecule has 0 spiro atoms. The van der Waals surface area contributed by atoms with Crippen molar-refractivity contribution >= 4 is 11.9 Å². The maximum atomic E-state index is 12.7. The van der Waals surface area contributed by atoms with E-state index in [1.54, 1.807) is 0 Å². The minimum atomic E-state index is -1.60. The van der Waals surface area contributed by atoms with Crippen molar-refractivity contribution in [2.24, 2.45) is 0 Å². The zero-order valence-corrected chi connectivity index (χ0v) is 32.0. The number of esters is 2. The van der Waals surface area contributed by atoms with Crippen molar-refractivity contribution in [3.8, 4) is 0 Å². The van der Waals surface area contributed by atoms with Crippen molar-refractivity contribution in [1.82, 2.24) is 0 Å². The van der Waals surface area contributed by atoms with Gasteiger partial charge >= 0.3 is 11.9 Å². The van der Waals surface area contributed by atoms with Gasteiger partial charge in [0.05, 0.1) is 13.2 Å². The predicted octanol–water partition coefficient (Wildman–Crippen LogP) is 7.49. The van der Waals surface area contributed by atoms with Crippen molar-refractivity contribution in [3.63, 3.8) is 0 Å². The number of rotatable bonds is 31. The van der Waals surface area contributed by atoms with Crippen LogP contribution in [-0.2, 0) is 28.5 Å². The summed E-state index contributed by atoms with van der Waals surface area (Å²) in [6, 6.07) is 0.